The molecular weight excluding hydrogens is 514 g/mol. The minimum Gasteiger partial charge on any atom is -0.383 e. The number of nitrogen functional groups attached to an aromatic ring is 1. The Labute approximate surface area is 248 Å². The fourth-order valence-electron chi connectivity index (χ4n) is 7.02. The van der Waals surface area contributed by atoms with Gasteiger partial charge in [-0.3, -0.25) is 9.80 Å². The van der Waals surface area contributed by atoms with Gasteiger partial charge in [0.15, 0.2) is 0 Å². The first-order valence-corrected chi connectivity index (χ1v) is 16.8. The Balaban J connectivity index is 0.943. The lowest BCUT2D eigenvalue weighted by atomic mass is 9.84. The number of ether oxygens (including phenoxy) is 1. The van der Waals surface area contributed by atoms with E-state index in [1.807, 2.05) is 6.07 Å². The van der Waals surface area contributed by atoms with Crippen LogP contribution < -0.4 is 26.6 Å². The van der Waals surface area contributed by atoms with E-state index in [0.717, 1.165) is 103 Å². The van der Waals surface area contributed by atoms with Crippen LogP contribution in [0.25, 0.3) is 0 Å². The molecule has 3 heterocycles. The van der Waals surface area contributed by atoms with Gasteiger partial charge in [0.05, 0.1) is 13.2 Å². The SMILES string of the molecule is Nc1cc(N2CCN(CCN3CCOCC3)CC2)nc(NC2CCC(CCNCCCNC3CCCCC3)CC2)n1. The Morgan fingerprint density at radius 3 is 2.27 bits per heavy atom. The van der Waals surface area contributed by atoms with E-state index in [-0.39, 0.29) is 0 Å². The number of aromatic nitrogens is 2. The highest BCUT2D eigenvalue weighted by Crippen LogP contribution is 2.29. The third-order valence-electron chi connectivity index (χ3n) is 9.74. The lowest BCUT2D eigenvalue weighted by Crippen LogP contribution is -2.49. The molecule has 0 atom stereocenters. The first-order chi connectivity index (χ1) is 20.2. The van der Waals surface area contributed by atoms with Crippen molar-refractivity contribution in [2.45, 2.75) is 82.7 Å². The fraction of sp³-hybridized carbons (Fsp3) is 0.871. The van der Waals surface area contributed by atoms with Crippen LogP contribution in [-0.4, -0.2) is 117 Å². The minimum absolute atomic E-state index is 0.441. The zero-order valence-corrected chi connectivity index (χ0v) is 25.5. The molecule has 5 rings (SSSR count). The predicted octanol–water partition coefficient (Wildman–Crippen LogP) is 2.78. The van der Waals surface area contributed by atoms with Crippen molar-refractivity contribution in [3.8, 4) is 0 Å². The summed E-state index contributed by atoms with van der Waals surface area (Å²) in [5.41, 5.74) is 6.23. The molecule has 2 saturated heterocycles. The molecule has 0 aromatic carbocycles. The molecule has 4 fully saturated rings. The average Bonchev–Trinajstić information content (AvgIpc) is 3.01. The van der Waals surface area contributed by atoms with Crippen LogP contribution in [0.2, 0.25) is 0 Å². The van der Waals surface area contributed by atoms with Crippen LogP contribution >= 0.6 is 0 Å². The molecule has 0 unspecified atom stereocenters. The third-order valence-corrected chi connectivity index (χ3v) is 9.74. The predicted molar refractivity (Wildman–Crippen MR) is 169 cm³/mol. The number of nitrogens with zero attached hydrogens (tertiary/aromatic N) is 5. The molecule has 0 spiro atoms. The highest BCUT2D eigenvalue weighted by Gasteiger charge is 2.23. The van der Waals surface area contributed by atoms with Crippen molar-refractivity contribution < 1.29 is 4.74 Å². The van der Waals surface area contributed by atoms with E-state index in [4.69, 9.17) is 15.5 Å². The third kappa shape index (κ3) is 10.5. The molecule has 4 aliphatic rings. The van der Waals surface area contributed by atoms with Crippen LogP contribution in [0.4, 0.5) is 17.6 Å². The maximum absolute atomic E-state index is 6.23. The average molecular weight is 572 g/mol. The molecule has 0 amide bonds. The Kier molecular flexibility index (Phi) is 12.6. The van der Waals surface area contributed by atoms with Crippen LogP contribution in [0.1, 0.15) is 70.6 Å². The Hall–Kier alpha value is -1.72. The molecule has 1 aromatic heterocycles. The lowest BCUT2D eigenvalue weighted by molar-refractivity contribution is 0.0331. The second-order valence-electron chi connectivity index (χ2n) is 12.8. The highest BCUT2D eigenvalue weighted by molar-refractivity contribution is 5.52. The number of rotatable bonds is 14. The van der Waals surface area contributed by atoms with Crippen LogP contribution in [0.5, 0.6) is 0 Å². The fourth-order valence-corrected chi connectivity index (χ4v) is 7.02. The summed E-state index contributed by atoms with van der Waals surface area (Å²) in [5.74, 6) is 3.04. The van der Waals surface area contributed by atoms with Gasteiger partial charge in [0, 0.05) is 70.5 Å². The number of nitrogens with two attached hydrogens (primary N) is 1. The summed E-state index contributed by atoms with van der Waals surface area (Å²) in [6, 6.07) is 3.16. The van der Waals surface area contributed by atoms with Gasteiger partial charge < -0.3 is 31.3 Å². The zero-order valence-electron chi connectivity index (χ0n) is 25.5. The van der Waals surface area contributed by atoms with Gasteiger partial charge in [0.1, 0.15) is 11.6 Å². The normalized spacial score (nSPS) is 25.4. The molecular formula is C31H57N9O. The molecule has 5 N–H and O–H groups in total. The zero-order chi connectivity index (χ0) is 28.1. The standard InChI is InChI=1S/C31H57N9O/c32-29-25-30(40-19-17-38(18-20-40)15-16-39-21-23-41-24-22-39)37-31(36-29)35-28-9-7-26(8-10-28)11-14-33-12-4-13-34-27-5-2-1-3-6-27/h25-28,33-34H,1-24H2,(H3,32,35,36,37). The molecule has 10 heteroatoms. The largest absolute Gasteiger partial charge is 0.383 e. The van der Waals surface area contributed by atoms with Gasteiger partial charge in [-0.2, -0.15) is 9.97 Å². The lowest BCUT2D eigenvalue weighted by Gasteiger charge is -2.37. The maximum Gasteiger partial charge on any atom is 0.226 e. The van der Waals surface area contributed by atoms with Gasteiger partial charge in [0.2, 0.25) is 5.95 Å². The van der Waals surface area contributed by atoms with Crippen molar-refractivity contribution in [2.75, 3.05) is 101 Å². The van der Waals surface area contributed by atoms with Gasteiger partial charge in [0.25, 0.3) is 0 Å². The second-order valence-corrected chi connectivity index (χ2v) is 12.8. The van der Waals surface area contributed by atoms with Crippen molar-refractivity contribution in [1.29, 1.82) is 0 Å². The molecule has 232 valence electrons. The second kappa shape index (κ2) is 16.8. The molecule has 2 saturated carbocycles. The van der Waals surface area contributed by atoms with Crippen molar-refractivity contribution in [1.82, 2.24) is 30.4 Å². The summed E-state index contributed by atoms with van der Waals surface area (Å²) in [7, 11) is 0. The highest BCUT2D eigenvalue weighted by atomic mass is 16.5. The number of piperazine rings is 1. The van der Waals surface area contributed by atoms with Crippen molar-refractivity contribution in [3.05, 3.63) is 6.07 Å². The van der Waals surface area contributed by atoms with Gasteiger partial charge in [-0.05, 0) is 76.9 Å². The van der Waals surface area contributed by atoms with Gasteiger partial charge >= 0.3 is 0 Å². The molecule has 10 nitrogen and oxygen atoms in total. The summed E-state index contributed by atoms with van der Waals surface area (Å²) >= 11 is 0. The summed E-state index contributed by atoms with van der Waals surface area (Å²) in [6.45, 7) is 13.7. The van der Waals surface area contributed by atoms with Gasteiger partial charge in [-0.15, -0.1) is 0 Å². The monoisotopic (exact) mass is 571 g/mol. The Bertz CT molecular complexity index is 861. The van der Waals surface area contributed by atoms with Crippen molar-refractivity contribution in [2.24, 2.45) is 5.92 Å². The van der Waals surface area contributed by atoms with Crippen molar-refractivity contribution in [3.63, 3.8) is 0 Å². The maximum atomic E-state index is 6.23. The molecule has 1 aromatic rings. The summed E-state index contributed by atoms with van der Waals surface area (Å²) in [5, 5.41) is 11.1. The molecule has 0 radical (unpaired) electrons. The Morgan fingerprint density at radius 1 is 0.780 bits per heavy atom. The number of nitrogens with one attached hydrogen (secondary N) is 3. The summed E-state index contributed by atoms with van der Waals surface area (Å²) < 4.78 is 5.47. The van der Waals surface area contributed by atoms with Crippen LogP contribution in [0.3, 0.4) is 0 Å². The van der Waals surface area contributed by atoms with Gasteiger partial charge in [-0.1, -0.05) is 19.3 Å². The van der Waals surface area contributed by atoms with E-state index < -0.39 is 0 Å². The quantitative estimate of drug-likeness (QED) is 0.249. The first kappa shape index (κ1) is 30.7. The van der Waals surface area contributed by atoms with E-state index in [1.54, 1.807) is 0 Å². The molecule has 0 bridgehead atoms. The molecule has 2 aliphatic heterocycles. The van der Waals surface area contributed by atoms with E-state index in [2.05, 4.69) is 35.6 Å². The minimum atomic E-state index is 0.441. The Morgan fingerprint density at radius 2 is 1.51 bits per heavy atom. The summed E-state index contributed by atoms with van der Waals surface area (Å²) in [6.07, 6.45) is 14.5. The smallest absolute Gasteiger partial charge is 0.226 e. The molecule has 41 heavy (non-hydrogen) atoms. The number of hydrogen-bond acceptors (Lipinski definition) is 10. The van der Waals surface area contributed by atoms with Gasteiger partial charge in [-0.25, -0.2) is 0 Å². The van der Waals surface area contributed by atoms with Crippen molar-refractivity contribution >= 4 is 17.6 Å². The van der Waals surface area contributed by atoms with E-state index in [9.17, 15) is 0 Å². The van der Waals surface area contributed by atoms with E-state index in [1.165, 1.54) is 70.6 Å². The summed E-state index contributed by atoms with van der Waals surface area (Å²) in [4.78, 5) is 16.9. The number of anilines is 3. The number of hydrogen-bond donors (Lipinski definition) is 4. The van der Waals surface area contributed by atoms with E-state index >= 15 is 0 Å². The van der Waals surface area contributed by atoms with Crippen LogP contribution in [0, 0.1) is 5.92 Å². The topological polar surface area (TPSA) is 107 Å². The number of morpholine rings is 1. The van der Waals surface area contributed by atoms with Crippen LogP contribution in [-0.2, 0) is 4.74 Å². The molecule has 2 aliphatic carbocycles. The van der Waals surface area contributed by atoms with Crippen LogP contribution in [0.15, 0.2) is 6.07 Å². The first-order valence-electron chi connectivity index (χ1n) is 16.8. The van der Waals surface area contributed by atoms with E-state index in [0.29, 0.717) is 17.8 Å².